The minimum atomic E-state index is -0.905. The van der Waals surface area contributed by atoms with Crippen LogP contribution in [0.4, 0.5) is 22.0 Å². The highest BCUT2D eigenvalue weighted by atomic mass is 32.2. The Labute approximate surface area is 284 Å². The molecule has 3 saturated heterocycles. The van der Waals surface area contributed by atoms with Crippen LogP contribution in [0.1, 0.15) is 36.2 Å². The molecule has 0 aliphatic carbocycles. The number of aliphatic hydroxyl groups excluding tert-OH is 6. The Morgan fingerprint density at radius 1 is 0.796 bits per heavy atom. The maximum Gasteiger partial charge on any atom is 0.353 e. The molecule has 0 amide bonds. The van der Waals surface area contributed by atoms with Crippen molar-refractivity contribution in [2.75, 3.05) is 37.0 Å². The zero-order valence-corrected chi connectivity index (χ0v) is 27.3. The van der Waals surface area contributed by atoms with Crippen molar-refractivity contribution in [2.45, 2.75) is 71.2 Å². The van der Waals surface area contributed by atoms with Gasteiger partial charge in [-0.2, -0.15) is 15.0 Å². The van der Waals surface area contributed by atoms with Crippen molar-refractivity contribution in [2.24, 2.45) is 0 Å². The number of nitrogens with zero attached hydrogens (tertiary/aromatic N) is 7. The zero-order chi connectivity index (χ0) is 36.0. The highest BCUT2D eigenvalue weighted by Crippen LogP contribution is 2.41. The molecule has 3 aromatic heterocycles. The lowest BCUT2D eigenvalue weighted by Crippen LogP contribution is -2.29. The Bertz CT molecular complexity index is 1670. The summed E-state index contributed by atoms with van der Waals surface area (Å²) in [5.41, 5.74) is 14.1. The van der Waals surface area contributed by atoms with Crippen molar-refractivity contribution in [3.63, 3.8) is 0 Å². The second-order valence-corrected chi connectivity index (χ2v) is 13.8. The third kappa shape index (κ3) is 9.31. The van der Waals surface area contributed by atoms with Crippen molar-refractivity contribution in [1.82, 2.24) is 33.6 Å². The summed E-state index contributed by atoms with van der Waals surface area (Å²) in [5.74, 6) is -1.20. The first-order valence-electron chi connectivity index (χ1n) is 14.7. The van der Waals surface area contributed by atoms with E-state index < -0.39 is 59.3 Å². The van der Waals surface area contributed by atoms with E-state index in [2.05, 4.69) is 19.9 Å². The molecule has 0 bridgehead atoms. The minimum Gasteiger partial charge on any atom is -0.395 e. The molecule has 3 aromatic rings. The predicted molar refractivity (Wildman–Crippen MR) is 174 cm³/mol. The van der Waals surface area contributed by atoms with Crippen LogP contribution in [-0.2, 0) is 4.74 Å². The molecule has 0 spiro atoms. The predicted octanol–water partition coefficient (Wildman–Crippen LogP) is -3.63. The zero-order valence-electron chi connectivity index (χ0n) is 25.6. The molecule has 0 unspecified atom stereocenters. The molecule has 0 saturated carbocycles. The normalized spacial score (nSPS) is 29.2. The molecular weight excluding hydrogens is 695 g/mol. The monoisotopic (exact) mass is 732 g/mol. The van der Waals surface area contributed by atoms with Crippen LogP contribution in [0.2, 0.25) is 0 Å². The largest absolute Gasteiger partial charge is 0.395 e. The van der Waals surface area contributed by atoms with Gasteiger partial charge in [0.2, 0.25) is 5.95 Å². The summed E-state index contributed by atoms with van der Waals surface area (Å²) in [4.78, 5) is 48.7. The van der Waals surface area contributed by atoms with Gasteiger partial charge in [0, 0.05) is 25.5 Å². The molecule has 23 heteroatoms. The van der Waals surface area contributed by atoms with Gasteiger partial charge in [-0.05, 0) is 6.07 Å². The molecule has 20 nitrogen and oxygen atoms in total. The summed E-state index contributed by atoms with van der Waals surface area (Å²) < 4.78 is 22.0. The van der Waals surface area contributed by atoms with Gasteiger partial charge in [-0.25, -0.2) is 23.8 Å². The van der Waals surface area contributed by atoms with E-state index in [1.54, 1.807) is 12.3 Å². The van der Waals surface area contributed by atoms with Gasteiger partial charge in [-0.1, -0.05) is 0 Å². The number of hydrogen-bond donors (Lipinski definition) is 9. The maximum absolute atomic E-state index is 13.2. The number of aliphatic hydroxyl groups is 6. The van der Waals surface area contributed by atoms with Gasteiger partial charge in [-0.3, -0.25) is 13.7 Å². The van der Waals surface area contributed by atoms with Crippen molar-refractivity contribution in [1.29, 1.82) is 0 Å². The number of nitrogen functional groups attached to an aromatic ring is 3. The Hall–Kier alpha value is -3.68. The van der Waals surface area contributed by atoms with E-state index in [-0.39, 0.29) is 59.3 Å². The molecule has 3 fully saturated rings. The third-order valence-corrected chi connectivity index (χ3v) is 10.7. The van der Waals surface area contributed by atoms with Crippen molar-refractivity contribution in [3.05, 3.63) is 62.1 Å². The van der Waals surface area contributed by atoms with E-state index in [1.807, 2.05) is 0 Å². The Morgan fingerprint density at radius 3 is 1.88 bits per heavy atom. The minimum absolute atomic E-state index is 0.0662. The van der Waals surface area contributed by atoms with Crippen LogP contribution < -0.4 is 34.3 Å². The fourth-order valence-electron chi connectivity index (χ4n) is 5.01. The molecule has 0 radical (unpaired) electrons. The first kappa shape index (κ1) is 38.1. The van der Waals surface area contributed by atoms with Gasteiger partial charge in [0.25, 0.3) is 0 Å². The van der Waals surface area contributed by atoms with Gasteiger partial charge < -0.3 is 52.6 Å². The van der Waals surface area contributed by atoms with Crippen LogP contribution in [0.5, 0.6) is 0 Å². The summed E-state index contributed by atoms with van der Waals surface area (Å²) in [6, 6.07) is 1.54. The van der Waals surface area contributed by atoms with Gasteiger partial charge in [0.15, 0.2) is 11.6 Å². The van der Waals surface area contributed by atoms with Crippen molar-refractivity contribution >= 4 is 41.1 Å². The average Bonchev–Trinajstić information content (AvgIpc) is 3.74. The summed E-state index contributed by atoms with van der Waals surface area (Å²) in [7, 11) is 0. The number of aromatic nitrogens is 7. The fraction of sp³-hybridized carbons (Fsp3) is 0.577. The second-order valence-electron chi connectivity index (χ2n) is 11.0. The van der Waals surface area contributed by atoms with Crippen molar-refractivity contribution < 1.29 is 39.8 Å². The van der Waals surface area contributed by atoms with Crippen molar-refractivity contribution in [3.8, 4) is 0 Å². The number of thioether (sulfide) groups is 2. The second kappa shape index (κ2) is 16.8. The lowest BCUT2D eigenvalue weighted by atomic mass is 10.2. The highest BCUT2D eigenvalue weighted by Gasteiger charge is 2.37. The van der Waals surface area contributed by atoms with Crippen LogP contribution in [0.25, 0.3) is 0 Å². The smallest absolute Gasteiger partial charge is 0.353 e. The molecule has 3 aliphatic heterocycles. The number of halogens is 1. The summed E-state index contributed by atoms with van der Waals surface area (Å²) >= 11 is 2.71. The number of nitrogens with two attached hydrogens (primary N) is 3. The van der Waals surface area contributed by atoms with Gasteiger partial charge in [0.1, 0.15) is 24.5 Å². The number of hydrogen-bond acceptors (Lipinski definition) is 19. The standard InChI is InChI=1S/C9H12FN3O4.C9H13N3O3S.C8H12N4O3S/c10-4-2-13(9(16)12-8(4)11)7-1-5(15)6(3-14)17-7;10-7-1-2-12(9(15)11-7)8-3-5(14)6(4-13)16-8;9-7-10-3-12(8(15)11-7)6-1-4(14)5(2-13)16-6/h2,5-7,14-15H,1,3H2,(H2,11,12,16);1-2,5-6,8,13-14H,3-4H2,(H2,10,11,15);3-6,13-14H,1-2H2,(H2,9,11,15)/t5-,6+,7+;5-,6+,8+;4-,5+,6+/m000/s1. The number of anilines is 3. The van der Waals surface area contributed by atoms with Crippen LogP contribution in [0.3, 0.4) is 0 Å². The van der Waals surface area contributed by atoms with Gasteiger partial charge in [0.05, 0.1) is 65.6 Å². The quantitative estimate of drug-likeness (QED) is 0.118. The van der Waals surface area contributed by atoms with Crippen LogP contribution in [-0.4, -0.2) is 119 Å². The van der Waals surface area contributed by atoms with Gasteiger partial charge >= 0.3 is 17.1 Å². The fourth-order valence-corrected chi connectivity index (χ4v) is 7.76. The molecule has 49 heavy (non-hydrogen) atoms. The Morgan fingerprint density at radius 2 is 1.37 bits per heavy atom. The van der Waals surface area contributed by atoms with E-state index >= 15 is 0 Å². The molecule has 0 aromatic carbocycles. The van der Waals surface area contributed by atoms with E-state index in [4.69, 9.17) is 37.3 Å². The number of ether oxygens (including phenoxy) is 1. The molecule has 270 valence electrons. The topological polar surface area (TPSA) is 326 Å². The molecule has 12 N–H and O–H groups in total. The lowest BCUT2D eigenvalue weighted by molar-refractivity contribution is -0.0461. The summed E-state index contributed by atoms with van der Waals surface area (Å²) in [6.07, 6.45) is 0.905. The summed E-state index contributed by atoms with van der Waals surface area (Å²) in [6.45, 7) is -0.594. The first-order chi connectivity index (χ1) is 23.3. The average molecular weight is 733 g/mol. The van der Waals surface area contributed by atoms with Crippen LogP contribution in [0, 0.1) is 5.82 Å². The first-order valence-corrected chi connectivity index (χ1v) is 16.6. The maximum atomic E-state index is 13.2. The SMILES string of the molecule is Nc1ccn([C@H]2C[C@H](O)[C@@H](CO)S2)c(=O)n1.Nc1nc(=O)n([C@H]2C[C@H](O)[C@@H](CO)O2)cc1F.Nc1ncn([C@H]2C[C@H](O)[C@@H](CO)S2)c(=O)n1. The van der Waals surface area contributed by atoms with Gasteiger partial charge in [-0.15, -0.1) is 23.5 Å². The Kier molecular flexibility index (Phi) is 13.1. The Balaban J connectivity index is 0.000000166. The lowest BCUT2D eigenvalue weighted by Gasteiger charge is -2.14. The molecule has 3 aliphatic rings. The molecule has 6 rings (SSSR count). The number of rotatable bonds is 6. The molecule has 6 heterocycles. The van der Waals surface area contributed by atoms with Crippen LogP contribution >= 0.6 is 23.5 Å². The van der Waals surface area contributed by atoms with E-state index in [0.717, 1.165) is 10.8 Å². The highest BCUT2D eigenvalue weighted by molar-refractivity contribution is 8.00. The molecular formula is C26H37FN10O10S2. The van der Waals surface area contributed by atoms with Crippen LogP contribution in [0.15, 0.2) is 39.2 Å². The van der Waals surface area contributed by atoms with E-state index in [9.17, 15) is 34.1 Å². The van der Waals surface area contributed by atoms with E-state index in [0.29, 0.717) is 12.8 Å². The molecule has 9 atom stereocenters. The van der Waals surface area contributed by atoms with E-state index in [1.165, 1.54) is 39.0 Å². The summed E-state index contributed by atoms with van der Waals surface area (Å²) in [5, 5.41) is 54.7. The third-order valence-electron chi connectivity index (χ3n) is 7.61.